The third kappa shape index (κ3) is 2.60. The van der Waals surface area contributed by atoms with Crippen LogP contribution < -0.4 is 5.32 Å². The molecule has 15 heavy (non-hydrogen) atoms. The predicted octanol–water partition coefficient (Wildman–Crippen LogP) is 0.770. The number of alkyl halides is 3. The number of rotatable bonds is 5. The van der Waals surface area contributed by atoms with Crippen LogP contribution in [0.4, 0.5) is 13.2 Å². The first-order chi connectivity index (χ1) is 6.82. The second-order valence-corrected chi connectivity index (χ2v) is 3.57. The Morgan fingerprint density at radius 3 is 2.40 bits per heavy atom. The first-order valence-electron chi connectivity index (χ1n) is 4.38. The molecule has 1 aliphatic rings. The van der Waals surface area contributed by atoms with E-state index in [1.165, 1.54) is 7.11 Å². The van der Waals surface area contributed by atoms with Crippen LogP contribution in [0.3, 0.4) is 0 Å². The van der Waals surface area contributed by atoms with E-state index in [-0.39, 0.29) is 19.4 Å². The molecule has 0 aromatic carbocycles. The van der Waals surface area contributed by atoms with Crippen LogP contribution in [-0.4, -0.2) is 42.5 Å². The highest BCUT2D eigenvalue weighted by Crippen LogP contribution is 2.49. The SMILES string of the molecule is COCC(NC1(C(F)(F)F)CC1)C(=O)O. The number of nitrogens with one attached hydrogen (secondary N) is 1. The molecule has 1 aliphatic carbocycles. The van der Waals surface area contributed by atoms with Gasteiger partial charge in [0, 0.05) is 7.11 Å². The van der Waals surface area contributed by atoms with Gasteiger partial charge in [-0.15, -0.1) is 0 Å². The summed E-state index contributed by atoms with van der Waals surface area (Å²) in [5.74, 6) is -1.34. The molecule has 1 rings (SSSR count). The molecule has 1 unspecified atom stereocenters. The van der Waals surface area contributed by atoms with Crippen molar-refractivity contribution in [3.8, 4) is 0 Å². The molecule has 0 spiro atoms. The molecule has 0 amide bonds. The highest BCUT2D eigenvalue weighted by Gasteiger charge is 2.64. The Labute approximate surface area is 84.4 Å². The van der Waals surface area contributed by atoms with Crippen molar-refractivity contribution in [2.75, 3.05) is 13.7 Å². The van der Waals surface area contributed by atoms with Gasteiger partial charge in [0.1, 0.15) is 11.6 Å². The van der Waals surface area contributed by atoms with Crippen LogP contribution in [0.5, 0.6) is 0 Å². The average Bonchev–Trinajstić information content (AvgIpc) is 2.83. The number of carboxylic acid groups (broad SMARTS) is 1. The number of carboxylic acids is 1. The van der Waals surface area contributed by atoms with Gasteiger partial charge < -0.3 is 9.84 Å². The predicted molar refractivity (Wildman–Crippen MR) is 44.5 cm³/mol. The minimum absolute atomic E-state index is 0.0794. The molecule has 88 valence electrons. The normalized spacial score (nSPS) is 21.1. The van der Waals surface area contributed by atoms with Crippen LogP contribution in [0.25, 0.3) is 0 Å². The topological polar surface area (TPSA) is 58.6 Å². The van der Waals surface area contributed by atoms with Gasteiger partial charge in [-0.25, -0.2) is 0 Å². The van der Waals surface area contributed by atoms with Crippen LogP contribution in [0.15, 0.2) is 0 Å². The molecule has 1 saturated carbocycles. The van der Waals surface area contributed by atoms with Gasteiger partial charge in [-0.1, -0.05) is 0 Å². The molecular formula is C8H12F3NO3. The Kier molecular flexibility index (Phi) is 3.25. The summed E-state index contributed by atoms with van der Waals surface area (Å²) in [5, 5.41) is 10.7. The van der Waals surface area contributed by atoms with E-state index in [1.807, 2.05) is 0 Å². The summed E-state index contributed by atoms with van der Waals surface area (Å²) in [6, 6.07) is -1.32. The highest BCUT2D eigenvalue weighted by atomic mass is 19.4. The zero-order valence-electron chi connectivity index (χ0n) is 8.10. The van der Waals surface area contributed by atoms with Crippen molar-refractivity contribution < 1.29 is 27.8 Å². The van der Waals surface area contributed by atoms with Crippen molar-refractivity contribution in [2.24, 2.45) is 0 Å². The van der Waals surface area contributed by atoms with Crippen molar-refractivity contribution in [3.63, 3.8) is 0 Å². The molecule has 0 saturated heterocycles. The Morgan fingerprint density at radius 1 is 1.60 bits per heavy atom. The largest absolute Gasteiger partial charge is 0.480 e. The first-order valence-corrected chi connectivity index (χ1v) is 4.38. The monoisotopic (exact) mass is 227 g/mol. The van der Waals surface area contributed by atoms with E-state index < -0.39 is 23.7 Å². The van der Waals surface area contributed by atoms with Crippen molar-refractivity contribution in [2.45, 2.75) is 30.6 Å². The standard InChI is InChI=1S/C8H12F3NO3/c1-15-4-5(6(13)14)12-7(2-3-7)8(9,10)11/h5,12H,2-4H2,1H3,(H,13,14). The van der Waals surface area contributed by atoms with Crippen molar-refractivity contribution in [1.82, 2.24) is 5.32 Å². The number of halogens is 3. The van der Waals surface area contributed by atoms with E-state index in [0.717, 1.165) is 0 Å². The molecule has 0 bridgehead atoms. The van der Waals surface area contributed by atoms with Crippen LogP contribution in [-0.2, 0) is 9.53 Å². The van der Waals surface area contributed by atoms with Crippen molar-refractivity contribution >= 4 is 5.97 Å². The molecular weight excluding hydrogens is 215 g/mol. The van der Waals surface area contributed by atoms with Gasteiger partial charge in [0.15, 0.2) is 0 Å². The molecule has 1 atom stereocenters. The summed E-state index contributed by atoms with van der Waals surface area (Å²) >= 11 is 0. The van der Waals surface area contributed by atoms with E-state index in [4.69, 9.17) is 5.11 Å². The molecule has 2 N–H and O–H groups in total. The quantitative estimate of drug-likeness (QED) is 0.728. The van der Waals surface area contributed by atoms with Gasteiger partial charge in [-0.2, -0.15) is 13.2 Å². The van der Waals surface area contributed by atoms with Gasteiger partial charge in [-0.3, -0.25) is 10.1 Å². The number of ether oxygens (including phenoxy) is 1. The highest BCUT2D eigenvalue weighted by molar-refractivity contribution is 5.73. The summed E-state index contributed by atoms with van der Waals surface area (Å²) in [4.78, 5) is 10.6. The summed E-state index contributed by atoms with van der Waals surface area (Å²) in [6.45, 7) is -0.285. The number of carbonyl (C=O) groups is 1. The van der Waals surface area contributed by atoms with Gasteiger partial charge in [0.25, 0.3) is 0 Å². The number of hydrogen-bond donors (Lipinski definition) is 2. The molecule has 0 heterocycles. The lowest BCUT2D eigenvalue weighted by Gasteiger charge is -2.24. The summed E-state index contributed by atoms with van der Waals surface area (Å²) in [7, 11) is 1.24. The maximum atomic E-state index is 12.5. The minimum atomic E-state index is -4.41. The first kappa shape index (κ1) is 12.3. The molecule has 1 fully saturated rings. The second-order valence-electron chi connectivity index (χ2n) is 3.57. The molecule has 0 aromatic heterocycles. The lowest BCUT2D eigenvalue weighted by atomic mass is 10.2. The third-order valence-corrected chi connectivity index (χ3v) is 2.37. The van der Waals surface area contributed by atoms with Crippen LogP contribution >= 0.6 is 0 Å². The second kappa shape index (κ2) is 3.97. The number of methoxy groups -OCH3 is 1. The molecule has 7 heteroatoms. The van der Waals surface area contributed by atoms with E-state index in [9.17, 15) is 18.0 Å². The van der Waals surface area contributed by atoms with Crippen molar-refractivity contribution in [1.29, 1.82) is 0 Å². The molecule has 4 nitrogen and oxygen atoms in total. The fourth-order valence-corrected chi connectivity index (χ4v) is 1.31. The van der Waals surface area contributed by atoms with E-state index >= 15 is 0 Å². The molecule has 0 radical (unpaired) electrons. The Balaban J connectivity index is 2.63. The van der Waals surface area contributed by atoms with Gasteiger partial charge >= 0.3 is 12.1 Å². The third-order valence-electron chi connectivity index (χ3n) is 2.37. The zero-order valence-corrected chi connectivity index (χ0v) is 8.10. The van der Waals surface area contributed by atoms with E-state index in [0.29, 0.717) is 0 Å². The lowest BCUT2D eigenvalue weighted by molar-refractivity contribution is -0.171. The zero-order chi connectivity index (χ0) is 11.7. The van der Waals surface area contributed by atoms with Gasteiger partial charge in [0.05, 0.1) is 6.61 Å². The maximum absolute atomic E-state index is 12.5. The van der Waals surface area contributed by atoms with Crippen LogP contribution in [0.2, 0.25) is 0 Å². The Hall–Kier alpha value is -0.820. The summed E-state index contributed by atoms with van der Waals surface area (Å²) < 4.78 is 41.9. The van der Waals surface area contributed by atoms with Crippen LogP contribution in [0, 0.1) is 0 Å². The van der Waals surface area contributed by atoms with Gasteiger partial charge in [0.2, 0.25) is 0 Å². The van der Waals surface area contributed by atoms with Crippen molar-refractivity contribution in [3.05, 3.63) is 0 Å². The van der Waals surface area contributed by atoms with E-state index in [2.05, 4.69) is 10.1 Å². The average molecular weight is 227 g/mol. The summed E-state index contributed by atoms with van der Waals surface area (Å²) in [6.07, 6.45) is -4.57. The molecule has 0 aliphatic heterocycles. The molecule has 0 aromatic rings. The van der Waals surface area contributed by atoms with Crippen LogP contribution in [0.1, 0.15) is 12.8 Å². The number of hydrogen-bond acceptors (Lipinski definition) is 3. The fourth-order valence-electron chi connectivity index (χ4n) is 1.31. The minimum Gasteiger partial charge on any atom is -0.480 e. The lowest BCUT2D eigenvalue weighted by Crippen LogP contribution is -2.54. The Morgan fingerprint density at radius 2 is 2.13 bits per heavy atom. The van der Waals surface area contributed by atoms with E-state index in [1.54, 1.807) is 0 Å². The summed E-state index contributed by atoms with van der Waals surface area (Å²) in [5.41, 5.74) is -2.02. The smallest absolute Gasteiger partial charge is 0.406 e. The van der Waals surface area contributed by atoms with Gasteiger partial charge in [-0.05, 0) is 12.8 Å². The number of aliphatic carboxylic acids is 1. The fraction of sp³-hybridized carbons (Fsp3) is 0.875. The maximum Gasteiger partial charge on any atom is 0.406 e. The Bertz CT molecular complexity index is 250.